The minimum atomic E-state index is 0.0487. The monoisotopic (exact) mass is 356 g/mol. The number of benzene rings is 1. The lowest BCUT2D eigenvalue weighted by atomic mass is 10.1. The first-order valence-electron chi connectivity index (χ1n) is 7.44. The number of carbonyl (C=O) groups is 1. The standard InChI is InChI=1S/C16H25BrN2O2/c1-4-9-19-12(2)14-11-13(17)7-8-15(14)21-10-5-6-16(20)18-3/h7-8,11-12,19H,4-6,9-10H2,1-3H3,(H,18,20). The fourth-order valence-corrected chi connectivity index (χ4v) is 2.38. The molecule has 0 saturated carbocycles. The van der Waals surface area contributed by atoms with E-state index < -0.39 is 0 Å². The molecule has 0 spiro atoms. The maximum Gasteiger partial charge on any atom is 0.219 e. The maximum absolute atomic E-state index is 11.2. The first kappa shape index (κ1) is 18.0. The largest absolute Gasteiger partial charge is 0.493 e. The number of hydrogen-bond acceptors (Lipinski definition) is 3. The molecular formula is C16H25BrN2O2. The summed E-state index contributed by atoms with van der Waals surface area (Å²) in [7, 11) is 1.65. The van der Waals surface area contributed by atoms with Crippen LogP contribution in [0.5, 0.6) is 5.75 Å². The van der Waals surface area contributed by atoms with Crippen LogP contribution in [0.1, 0.15) is 44.7 Å². The van der Waals surface area contributed by atoms with Gasteiger partial charge in [0.25, 0.3) is 0 Å². The van der Waals surface area contributed by atoms with Gasteiger partial charge in [0.05, 0.1) is 6.61 Å². The Labute approximate surface area is 135 Å². The number of ether oxygens (including phenoxy) is 1. The van der Waals surface area contributed by atoms with Gasteiger partial charge < -0.3 is 15.4 Å². The molecule has 0 radical (unpaired) electrons. The number of rotatable bonds is 9. The van der Waals surface area contributed by atoms with E-state index in [1.54, 1.807) is 7.05 Å². The highest BCUT2D eigenvalue weighted by atomic mass is 79.9. The Morgan fingerprint density at radius 2 is 2.19 bits per heavy atom. The summed E-state index contributed by atoms with van der Waals surface area (Å²) in [5, 5.41) is 6.08. The lowest BCUT2D eigenvalue weighted by molar-refractivity contribution is -0.120. The van der Waals surface area contributed by atoms with Crippen molar-refractivity contribution in [3.05, 3.63) is 28.2 Å². The third-order valence-corrected chi connectivity index (χ3v) is 3.72. The van der Waals surface area contributed by atoms with Gasteiger partial charge in [-0.15, -0.1) is 0 Å². The third kappa shape index (κ3) is 6.48. The molecule has 4 nitrogen and oxygen atoms in total. The van der Waals surface area contributed by atoms with E-state index in [1.165, 1.54) is 0 Å². The first-order valence-corrected chi connectivity index (χ1v) is 8.24. The van der Waals surface area contributed by atoms with E-state index in [0.717, 1.165) is 28.8 Å². The topological polar surface area (TPSA) is 50.4 Å². The molecule has 5 heteroatoms. The SMILES string of the molecule is CCCNC(C)c1cc(Br)ccc1OCCCC(=O)NC. The molecule has 2 N–H and O–H groups in total. The van der Waals surface area contributed by atoms with Gasteiger partial charge in [-0.25, -0.2) is 0 Å². The molecule has 0 aliphatic carbocycles. The van der Waals surface area contributed by atoms with Gasteiger partial charge in [-0.05, 0) is 44.5 Å². The van der Waals surface area contributed by atoms with Gasteiger partial charge in [0.1, 0.15) is 5.75 Å². The molecule has 0 aliphatic rings. The number of hydrogen-bond donors (Lipinski definition) is 2. The Morgan fingerprint density at radius 3 is 2.86 bits per heavy atom. The molecule has 1 aromatic carbocycles. The van der Waals surface area contributed by atoms with E-state index in [-0.39, 0.29) is 11.9 Å². The third-order valence-electron chi connectivity index (χ3n) is 3.22. The molecule has 0 aliphatic heterocycles. The second-order valence-electron chi connectivity index (χ2n) is 4.98. The van der Waals surface area contributed by atoms with E-state index in [9.17, 15) is 4.79 Å². The van der Waals surface area contributed by atoms with Crippen LogP contribution < -0.4 is 15.4 Å². The predicted molar refractivity (Wildman–Crippen MR) is 89.6 cm³/mol. The van der Waals surface area contributed by atoms with Crippen molar-refractivity contribution in [2.45, 2.75) is 39.2 Å². The summed E-state index contributed by atoms with van der Waals surface area (Å²) >= 11 is 3.51. The van der Waals surface area contributed by atoms with Gasteiger partial charge in [-0.1, -0.05) is 22.9 Å². The van der Waals surface area contributed by atoms with Gasteiger partial charge in [0.15, 0.2) is 0 Å². The zero-order valence-electron chi connectivity index (χ0n) is 13.0. The zero-order chi connectivity index (χ0) is 15.7. The summed E-state index contributed by atoms with van der Waals surface area (Å²) in [5.41, 5.74) is 1.14. The molecule has 0 fully saturated rings. The smallest absolute Gasteiger partial charge is 0.219 e. The Hall–Kier alpha value is -1.07. The lowest BCUT2D eigenvalue weighted by Gasteiger charge is -2.18. The van der Waals surface area contributed by atoms with Crippen LogP contribution in [0.4, 0.5) is 0 Å². The van der Waals surface area contributed by atoms with Gasteiger partial charge >= 0.3 is 0 Å². The molecule has 0 aromatic heterocycles. The fraction of sp³-hybridized carbons (Fsp3) is 0.562. The fourth-order valence-electron chi connectivity index (χ4n) is 2.00. The Morgan fingerprint density at radius 1 is 1.43 bits per heavy atom. The summed E-state index contributed by atoms with van der Waals surface area (Å²) in [4.78, 5) is 11.2. The van der Waals surface area contributed by atoms with Crippen molar-refractivity contribution in [1.82, 2.24) is 10.6 Å². The second kappa shape index (κ2) is 9.79. The highest BCUT2D eigenvalue weighted by Crippen LogP contribution is 2.28. The molecule has 1 rings (SSSR count). The first-order chi connectivity index (χ1) is 10.1. The van der Waals surface area contributed by atoms with Crippen LogP contribution in [0.25, 0.3) is 0 Å². The van der Waals surface area contributed by atoms with Crippen molar-refractivity contribution < 1.29 is 9.53 Å². The molecule has 118 valence electrons. The van der Waals surface area contributed by atoms with Crippen LogP contribution in [0.2, 0.25) is 0 Å². The molecule has 1 atom stereocenters. The van der Waals surface area contributed by atoms with E-state index in [1.807, 2.05) is 12.1 Å². The Bertz CT molecular complexity index is 452. The summed E-state index contributed by atoms with van der Waals surface area (Å²) in [6, 6.07) is 6.27. The van der Waals surface area contributed by atoms with Crippen LogP contribution in [-0.4, -0.2) is 26.1 Å². The van der Waals surface area contributed by atoms with Crippen LogP contribution in [0, 0.1) is 0 Å². The van der Waals surface area contributed by atoms with Crippen molar-refractivity contribution in [2.75, 3.05) is 20.2 Å². The average molecular weight is 357 g/mol. The number of amides is 1. The van der Waals surface area contributed by atoms with Crippen molar-refractivity contribution in [1.29, 1.82) is 0 Å². The average Bonchev–Trinajstić information content (AvgIpc) is 2.49. The van der Waals surface area contributed by atoms with E-state index >= 15 is 0 Å². The molecular weight excluding hydrogens is 332 g/mol. The number of carbonyl (C=O) groups excluding carboxylic acids is 1. The summed E-state index contributed by atoms with van der Waals surface area (Å²) in [6.07, 6.45) is 2.30. The highest BCUT2D eigenvalue weighted by Gasteiger charge is 2.12. The van der Waals surface area contributed by atoms with E-state index in [2.05, 4.69) is 46.5 Å². The molecule has 21 heavy (non-hydrogen) atoms. The Balaban J connectivity index is 2.61. The lowest BCUT2D eigenvalue weighted by Crippen LogP contribution is -2.20. The molecule has 1 amide bonds. The zero-order valence-corrected chi connectivity index (χ0v) is 14.6. The van der Waals surface area contributed by atoms with E-state index in [0.29, 0.717) is 19.4 Å². The maximum atomic E-state index is 11.2. The predicted octanol–water partition coefficient (Wildman–Crippen LogP) is 3.41. The van der Waals surface area contributed by atoms with E-state index in [4.69, 9.17) is 4.74 Å². The highest BCUT2D eigenvalue weighted by molar-refractivity contribution is 9.10. The minimum absolute atomic E-state index is 0.0487. The van der Waals surface area contributed by atoms with Crippen molar-refractivity contribution in [3.63, 3.8) is 0 Å². The number of nitrogens with one attached hydrogen (secondary N) is 2. The van der Waals surface area contributed by atoms with Crippen LogP contribution >= 0.6 is 15.9 Å². The molecule has 1 unspecified atom stereocenters. The molecule has 0 saturated heterocycles. The van der Waals surface area contributed by atoms with Crippen molar-refractivity contribution in [3.8, 4) is 5.75 Å². The van der Waals surface area contributed by atoms with Gasteiger partial charge in [-0.3, -0.25) is 4.79 Å². The van der Waals surface area contributed by atoms with Crippen LogP contribution in [-0.2, 0) is 4.79 Å². The number of halogens is 1. The van der Waals surface area contributed by atoms with Gasteiger partial charge in [0, 0.05) is 29.5 Å². The molecule has 0 bridgehead atoms. The molecule has 1 aromatic rings. The van der Waals surface area contributed by atoms with Crippen LogP contribution in [0.15, 0.2) is 22.7 Å². The summed E-state index contributed by atoms with van der Waals surface area (Å²) < 4.78 is 6.89. The summed E-state index contributed by atoms with van der Waals surface area (Å²) in [6.45, 7) is 5.80. The van der Waals surface area contributed by atoms with Crippen molar-refractivity contribution >= 4 is 21.8 Å². The normalized spacial score (nSPS) is 12.0. The van der Waals surface area contributed by atoms with Gasteiger partial charge in [0.2, 0.25) is 5.91 Å². The van der Waals surface area contributed by atoms with Crippen molar-refractivity contribution in [2.24, 2.45) is 0 Å². The van der Waals surface area contributed by atoms with Gasteiger partial charge in [-0.2, -0.15) is 0 Å². The summed E-state index contributed by atoms with van der Waals surface area (Å²) in [5.74, 6) is 0.929. The Kier molecular flexibility index (Phi) is 8.38. The van der Waals surface area contributed by atoms with Crippen LogP contribution in [0.3, 0.4) is 0 Å². The quantitative estimate of drug-likeness (QED) is 0.666. The molecule has 0 heterocycles. The minimum Gasteiger partial charge on any atom is -0.493 e. The second-order valence-corrected chi connectivity index (χ2v) is 5.90.